The zero-order valence-corrected chi connectivity index (χ0v) is 10.4. The Bertz CT molecular complexity index is 399. The van der Waals surface area contributed by atoms with Gasteiger partial charge in [-0.25, -0.2) is 4.39 Å². The predicted molar refractivity (Wildman–Crippen MR) is 64.0 cm³/mol. The SMILES string of the molecule is CN(CCc1ccccc1F)C(=O)C(C)(C)O. The minimum atomic E-state index is -1.38. The van der Waals surface area contributed by atoms with Crippen LogP contribution in [0, 0.1) is 5.82 Å². The summed E-state index contributed by atoms with van der Waals surface area (Å²) in [6.45, 7) is 3.26. The highest BCUT2D eigenvalue weighted by Crippen LogP contribution is 2.10. The average Bonchev–Trinajstić information content (AvgIpc) is 2.25. The molecule has 1 amide bonds. The Morgan fingerprint density at radius 2 is 2.00 bits per heavy atom. The van der Waals surface area contributed by atoms with E-state index in [4.69, 9.17) is 0 Å². The highest BCUT2D eigenvalue weighted by atomic mass is 19.1. The number of hydrogen-bond acceptors (Lipinski definition) is 2. The van der Waals surface area contributed by atoms with Crippen molar-refractivity contribution in [3.63, 3.8) is 0 Å². The van der Waals surface area contributed by atoms with Crippen LogP contribution in [0.2, 0.25) is 0 Å². The number of carbonyl (C=O) groups excluding carboxylic acids is 1. The van der Waals surface area contributed by atoms with Gasteiger partial charge in [0.25, 0.3) is 5.91 Å². The molecular weight excluding hydrogens is 221 g/mol. The maximum atomic E-state index is 13.3. The smallest absolute Gasteiger partial charge is 0.253 e. The molecule has 1 rings (SSSR count). The lowest BCUT2D eigenvalue weighted by atomic mass is 10.1. The Balaban J connectivity index is 2.58. The van der Waals surface area contributed by atoms with Crippen molar-refractivity contribution in [2.24, 2.45) is 0 Å². The summed E-state index contributed by atoms with van der Waals surface area (Å²) in [6, 6.07) is 6.48. The maximum absolute atomic E-state index is 13.3. The van der Waals surface area contributed by atoms with Crippen LogP contribution in [0.15, 0.2) is 24.3 Å². The largest absolute Gasteiger partial charge is 0.381 e. The summed E-state index contributed by atoms with van der Waals surface area (Å²) in [6.07, 6.45) is 0.436. The molecule has 0 aliphatic carbocycles. The third kappa shape index (κ3) is 3.82. The first-order valence-corrected chi connectivity index (χ1v) is 5.53. The van der Waals surface area contributed by atoms with E-state index in [1.807, 2.05) is 0 Å². The second kappa shape index (κ2) is 5.27. The summed E-state index contributed by atoms with van der Waals surface area (Å²) >= 11 is 0. The minimum Gasteiger partial charge on any atom is -0.381 e. The van der Waals surface area contributed by atoms with E-state index in [0.29, 0.717) is 18.5 Å². The molecule has 0 radical (unpaired) electrons. The average molecular weight is 239 g/mol. The molecule has 0 aliphatic heterocycles. The van der Waals surface area contributed by atoms with Gasteiger partial charge in [0.15, 0.2) is 0 Å². The van der Waals surface area contributed by atoms with Gasteiger partial charge in [-0.2, -0.15) is 0 Å². The molecule has 17 heavy (non-hydrogen) atoms. The summed E-state index contributed by atoms with van der Waals surface area (Å²) in [5, 5.41) is 9.54. The van der Waals surface area contributed by atoms with Crippen LogP contribution >= 0.6 is 0 Å². The molecule has 0 aromatic heterocycles. The number of carbonyl (C=O) groups is 1. The summed E-state index contributed by atoms with van der Waals surface area (Å²) in [5.41, 5.74) is -0.813. The van der Waals surface area contributed by atoms with Crippen molar-refractivity contribution in [3.05, 3.63) is 35.6 Å². The van der Waals surface area contributed by atoms with Crippen LogP contribution in [0.3, 0.4) is 0 Å². The molecule has 0 saturated heterocycles. The van der Waals surface area contributed by atoms with Crippen molar-refractivity contribution in [1.82, 2.24) is 4.90 Å². The monoisotopic (exact) mass is 239 g/mol. The zero-order chi connectivity index (χ0) is 13.1. The molecular formula is C13H18FNO2. The molecule has 0 saturated carbocycles. The number of amides is 1. The van der Waals surface area contributed by atoms with Crippen molar-refractivity contribution < 1.29 is 14.3 Å². The Kier molecular flexibility index (Phi) is 4.23. The molecule has 0 atom stereocenters. The second-order valence-electron chi connectivity index (χ2n) is 4.63. The van der Waals surface area contributed by atoms with E-state index in [-0.39, 0.29) is 11.7 Å². The van der Waals surface area contributed by atoms with Gasteiger partial charge >= 0.3 is 0 Å². The Morgan fingerprint density at radius 3 is 2.53 bits per heavy atom. The Morgan fingerprint density at radius 1 is 1.41 bits per heavy atom. The normalized spacial score (nSPS) is 11.4. The van der Waals surface area contributed by atoms with Crippen LogP contribution in [-0.2, 0) is 11.2 Å². The van der Waals surface area contributed by atoms with Gasteiger partial charge in [0.1, 0.15) is 11.4 Å². The minimum absolute atomic E-state index is 0.267. The fourth-order valence-electron chi connectivity index (χ4n) is 1.56. The van der Waals surface area contributed by atoms with Crippen LogP contribution < -0.4 is 0 Å². The second-order valence-corrected chi connectivity index (χ2v) is 4.63. The molecule has 1 N–H and O–H groups in total. The van der Waals surface area contributed by atoms with Crippen molar-refractivity contribution in [3.8, 4) is 0 Å². The number of benzene rings is 1. The van der Waals surface area contributed by atoms with Gasteiger partial charge in [0, 0.05) is 13.6 Å². The molecule has 0 aliphatic rings. The molecule has 1 aromatic carbocycles. The first-order valence-electron chi connectivity index (χ1n) is 5.53. The Labute approximate surface area is 101 Å². The Hall–Kier alpha value is -1.42. The molecule has 0 bridgehead atoms. The molecule has 94 valence electrons. The van der Waals surface area contributed by atoms with Gasteiger partial charge in [-0.3, -0.25) is 4.79 Å². The highest BCUT2D eigenvalue weighted by molar-refractivity contribution is 5.83. The topological polar surface area (TPSA) is 40.5 Å². The lowest BCUT2D eigenvalue weighted by molar-refractivity contribution is -0.146. The summed E-state index contributed by atoms with van der Waals surface area (Å²) in [4.78, 5) is 13.1. The van der Waals surface area contributed by atoms with Gasteiger partial charge in [-0.1, -0.05) is 18.2 Å². The zero-order valence-electron chi connectivity index (χ0n) is 10.4. The lowest BCUT2D eigenvalue weighted by Gasteiger charge is -2.24. The summed E-state index contributed by atoms with van der Waals surface area (Å²) < 4.78 is 13.3. The van der Waals surface area contributed by atoms with Crippen molar-refractivity contribution in [1.29, 1.82) is 0 Å². The van der Waals surface area contributed by atoms with Crippen LogP contribution in [-0.4, -0.2) is 35.1 Å². The first kappa shape index (κ1) is 13.6. The van der Waals surface area contributed by atoms with E-state index in [0.717, 1.165) is 0 Å². The van der Waals surface area contributed by atoms with Gasteiger partial charge in [0.2, 0.25) is 0 Å². The van der Waals surface area contributed by atoms with Crippen molar-refractivity contribution in [2.75, 3.05) is 13.6 Å². The number of halogens is 1. The molecule has 1 aromatic rings. The third-order valence-corrected chi connectivity index (χ3v) is 2.54. The number of aliphatic hydroxyl groups is 1. The van der Waals surface area contributed by atoms with E-state index < -0.39 is 5.60 Å². The van der Waals surface area contributed by atoms with E-state index in [1.54, 1.807) is 25.2 Å². The fourth-order valence-corrected chi connectivity index (χ4v) is 1.56. The molecule has 3 nitrogen and oxygen atoms in total. The highest BCUT2D eigenvalue weighted by Gasteiger charge is 2.26. The van der Waals surface area contributed by atoms with Crippen LogP contribution in [0.1, 0.15) is 19.4 Å². The van der Waals surface area contributed by atoms with E-state index in [2.05, 4.69) is 0 Å². The van der Waals surface area contributed by atoms with E-state index in [9.17, 15) is 14.3 Å². The molecule has 4 heteroatoms. The molecule has 0 heterocycles. The number of likely N-dealkylation sites (N-methyl/N-ethyl adjacent to an activating group) is 1. The van der Waals surface area contributed by atoms with Gasteiger partial charge in [0.05, 0.1) is 0 Å². The number of rotatable bonds is 4. The van der Waals surface area contributed by atoms with Crippen LogP contribution in [0.25, 0.3) is 0 Å². The van der Waals surface area contributed by atoms with E-state index in [1.165, 1.54) is 24.8 Å². The molecule has 0 fully saturated rings. The third-order valence-electron chi connectivity index (χ3n) is 2.54. The van der Waals surface area contributed by atoms with Crippen molar-refractivity contribution >= 4 is 5.91 Å². The molecule has 0 unspecified atom stereocenters. The van der Waals surface area contributed by atoms with Crippen LogP contribution in [0.4, 0.5) is 4.39 Å². The predicted octanol–water partition coefficient (Wildman–Crippen LogP) is 1.60. The van der Waals surface area contributed by atoms with Crippen molar-refractivity contribution in [2.45, 2.75) is 25.9 Å². The lowest BCUT2D eigenvalue weighted by Crippen LogP contribution is -2.43. The van der Waals surface area contributed by atoms with Gasteiger partial charge in [-0.05, 0) is 31.9 Å². The van der Waals surface area contributed by atoms with Gasteiger partial charge < -0.3 is 10.0 Å². The van der Waals surface area contributed by atoms with E-state index >= 15 is 0 Å². The number of hydrogen-bond donors (Lipinski definition) is 1. The maximum Gasteiger partial charge on any atom is 0.253 e. The van der Waals surface area contributed by atoms with Gasteiger partial charge in [-0.15, -0.1) is 0 Å². The summed E-state index contributed by atoms with van der Waals surface area (Å²) in [7, 11) is 1.60. The van der Waals surface area contributed by atoms with Crippen LogP contribution in [0.5, 0.6) is 0 Å². The summed E-state index contributed by atoms with van der Waals surface area (Å²) in [5.74, 6) is -0.634. The number of nitrogens with zero attached hydrogens (tertiary/aromatic N) is 1. The standard InChI is InChI=1S/C13H18FNO2/c1-13(2,17)12(16)15(3)9-8-10-6-4-5-7-11(10)14/h4-7,17H,8-9H2,1-3H3. The quantitative estimate of drug-likeness (QED) is 0.867. The fraction of sp³-hybridized carbons (Fsp3) is 0.462. The molecule has 0 spiro atoms. The first-order chi connectivity index (χ1) is 7.82.